The molecule has 0 spiro atoms. The van der Waals surface area contributed by atoms with E-state index in [0.29, 0.717) is 5.92 Å². The molecule has 0 N–H and O–H groups in total. The van der Waals surface area contributed by atoms with E-state index in [2.05, 4.69) is 9.88 Å². The lowest BCUT2D eigenvalue weighted by atomic mass is 10.0. The van der Waals surface area contributed by atoms with Crippen molar-refractivity contribution in [1.29, 1.82) is 0 Å². The number of likely N-dealkylation sites (tertiary alicyclic amines) is 1. The van der Waals surface area contributed by atoms with Crippen LogP contribution >= 0.6 is 11.3 Å². The standard InChI is InChI=1S/C13H19N3O2S2/c17-20(18,12-1-2-12)16-7-10-5-11(16)8-15(6-10)9-13-14-3-4-19-13/h3-4,10-12H,1-2,5-9H2/t10-,11-/m0/s1. The summed E-state index contributed by atoms with van der Waals surface area (Å²) < 4.78 is 26.7. The van der Waals surface area contributed by atoms with E-state index in [9.17, 15) is 8.42 Å². The maximum atomic E-state index is 12.5. The van der Waals surface area contributed by atoms with Crippen molar-refractivity contribution >= 4 is 21.4 Å². The van der Waals surface area contributed by atoms with Crippen LogP contribution in [0.2, 0.25) is 0 Å². The van der Waals surface area contributed by atoms with E-state index in [1.54, 1.807) is 11.3 Å². The number of piperidine rings is 1. The second kappa shape index (κ2) is 4.76. The first kappa shape index (κ1) is 13.2. The molecule has 5 nitrogen and oxygen atoms in total. The molecule has 0 amide bonds. The first-order valence-corrected chi connectivity index (χ1v) is 9.62. The van der Waals surface area contributed by atoms with Gasteiger partial charge in [0.1, 0.15) is 5.01 Å². The third kappa shape index (κ3) is 2.30. The normalized spacial score (nSPS) is 31.8. The SMILES string of the molecule is O=S(=O)(C1CC1)N1C[C@H]2C[C@H]1CN(Cc1nccs1)C2. The maximum Gasteiger partial charge on any atom is 0.217 e. The summed E-state index contributed by atoms with van der Waals surface area (Å²) >= 11 is 1.68. The van der Waals surface area contributed by atoms with Crippen LogP contribution in [0.3, 0.4) is 0 Å². The predicted octanol–water partition coefficient (Wildman–Crippen LogP) is 1.14. The molecule has 3 fully saturated rings. The third-order valence-corrected chi connectivity index (χ3v) is 7.73. The molecule has 7 heteroatoms. The number of fused-ring (bicyclic) bond motifs is 2. The van der Waals surface area contributed by atoms with Crippen molar-refractivity contribution in [2.75, 3.05) is 19.6 Å². The number of hydrogen-bond donors (Lipinski definition) is 0. The number of rotatable bonds is 4. The van der Waals surface area contributed by atoms with Gasteiger partial charge in [0.05, 0.1) is 11.8 Å². The van der Waals surface area contributed by atoms with Gasteiger partial charge >= 0.3 is 0 Å². The van der Waals surface area contributed by atoms with Crippen LogP contribution in [-0.4, -0.2) is 53.5 Å². The average molecular weight is 313 g/mol. The Morgan fingerprint density at radius 2 is 2.15 bits per heavy atom. The topological polar surface area (TPSA) is 53.5 Å². The molecule has 2 bridgehead atoms. The highest BCUT2D eigenvalue weighted by molar-refractivity contribution is 7.90. The molecule has 1 aromatic heterocycles. The van der Waals surface area contributed by atoms with E-state index in [1.165, 1.54) is 0 Å². The van der Waals surface area contributed by atoms with Gasteiger partial charge in [-0.15, -0.1) is 11.3 Å². The zero-order chi connectivity index (χ0) is 13.7. The lowest BCUT2D eigenvalue weighted by molar-refractivity contribution is 0.175. The van der Waals surface area contributed by atoms with Crippen molar-refractivity contribution in [2.45, 2.75) is 37.1 Å². The summed E-state index contributed by atoms with van der Waals surface area (Å²) in [5.74, 6) is 0.502. The summed E-state index contributed by atoms with van der Waals surface area (Å²) in [4.78, 5) is 6.71. The van der Waals surface area contributed by atoms with Crippen molar-refractivity contribution in [1.82, 2.24) is 14.2 Å². The largest absolute Gasteiger partial charge is 0.295 e. The Labute approximate surface area is 123 Å². The highest BCUT2D eigenvalue weighted by atomic mass is 32.2. The molecule has 4 rings (SSSR count). The second-order valence-electron chi connectivity index (χ2n) is 6.19. The molecular formula is C13H19N3O2S2. The fourth-order valence-corrected chi connectivity index (χ4v) is 6.30. The molecule has 0 aromatic carbocycles. The highest BCUT2D eigenvalue weighted by Gasteiger charge is 2.49. The highest BCUT2D eigenvalue weighted by Crippen LogP contribution is 2.38. The first-order valence-electron chi connectivity index (χ1n) is 7.24. The number of thiazole rings is 1. The molecule has 2 saturated heterocycles. The monoisotopic (exact) mass is 313 g/mol. The van der Waals surface area contributed by atoms with Crippen LogP contribution in [-0.2, 0) is 16.6 Å². The Morgan fingerprint density at radius 3 is 2.85 bits per heavy atom. The minimum absolute atomic E-state index is 0.0748. The lowest BCUT2D eigenvalue weighted by Crippen LogP contribution is -2.44. The molecule has 1 aromatic rings. The maximum absolute atomic E-state index is 12.5. The molecule has 1 aliphatic carbocycles. The van der Waals surface area contributed by atoms with Crippen LogP contribution in [0.1, 0.15) is 24.3 Å². The Bertz CT molecular complexity index is 583. The van der Waals surface area contributed by atoms with E-state index in [1.807, 2.05) is 15.9 Å². The minimum Gasteiger partial charge on any atom is -0.295 e. The summed E-state index contributed by atoms with van der Waals surface area (Å²) in [5, 5.41) is 3.05. The van der Waals surface area contributed by atoms with Gasteiger partial charge in [-0.2, -0.15) is 4.31 Å². The van der Waals surface area contributed by atoms with Crippen molar-refractivity contribution in [3.05, 3.63) is 16.6 Å². The molecule has 110 valence electrons. The second-order valence-corrected chi connectivity index (χ2v) is 9.33. The Hall–Kier alpha value is -0.500. The van der Waals surface area contributed by atoms with E-state index in [0.717, 1.165) is 50.4 Å². The van der Waals surface area contributed by atoms with Crippen LogP contribution in [0.25, 0.3) is 0 Å². The smallest absolute Gasteiger partial charge is 0.217 e. The van der Waals surface area contributed by atoms with Gasteiger partial charge in [0, 0.05) is 37.3 Å². The van der Waals surface area contributed by atoms with Gasteiger partial charge in [0.2, 0.25) is 10.0 Å². The van der Waals surface area contributed by atoms with E-state index in [-0.39, 0.29) is 11.3 Å². The summed E-state index contributed by atoms with van der Waals surface area (Å²) in [6, 6.07) is 0.194. The Morgan fingerprint density at radius 1 is 1.30 bits per heavy atom. The molecule has 2 atom stereocenters. The molecule has 0 unspecified atom stereocenters. The van der Waals surface area contributed by atoms with Gasteiger partial charge in [-0.1, -0.05) is 0 Å². The molecule has 20 heavy (non-hydrogen) atoms. The van der Waals surface area contributed by atoms with Gasteiger partial charge in [-0.3, -0.25) is 4.90 Å². The third-order valence-electron chi connectivity index (χ3n) is 4.55. The van der Waals surface area contributed by atoms with E-state index >= 15 is 0 Å². The van der Waals surface area contributed by atoms with Crippen molar-refractivity contribution < 1.29 is 8.42 Å². The van der Waals surface area contributed by atoms with E-state index < -0.39 is 10.0 Å². The van der Waals surface area contributed by atoms with Gasteiger partial charge < -0.3 is 0 Å². The minimum atomic E-state index is -3.01. The number of nitrogens with zero attached hydrogens (tertiary/aromatic N) is 3. The molecule has 2 aliphatic heterocycles. The number of sulfonamides is 1. The first-order chi connectivity index (χ1) is 9.63. The van der Waals surface area contributed by atoms with Crippen LogP contribution in [0.4, 0.5) is 0 Å². The predicted molar refractivity (Wildman–Crippen MR) is 77.9 cm³/mol. The van der Waals surface area contributed by atoms with Gasteiger partial charge in [0.25, 0.3) is 0 Å². The number of hydrogen-bond acceptors (Lipinski definition) is 5. The molecule has 1 saturated carbocycles. The quantitative estimate of drug-likeness (QED) is 0.836. The molecule has 3 heterocycles. The summed E-state index contributed by atoms with van der Waals surface area (Å²) in [6.07, 6.45) is 4.60. The van der Waals surface area contributed by atoms with Crippen LogP contribution in [0.5, 0.6) is 0 Å². The van der Waals surface area contributed by atoms with Gasteiger partial charge in [-0.25, -0.2) is 13.4 Å². The summed E-state index contributed by atoms with van der Waals surface area (Å²) in [6.45, 7) is 3.47. The fraction of sp³-hybridized carbons (Fsp3) is 0.769. The molecular weight excluding hydrogens is 294 g/mol. The van der Waals surface area contributed by atoms with Crippen molar-refractivity contribution in [3.63, 3.8) is 0 Å². The molecule has 0 radical (unpaired) electrons. The number of aromatic nitrogens is 1. The van der Waals surface area contributed by atoms with Gasteiger partial charge in [-0.05, 0) is 25.2 Å². The fourth-order valence-electron chi connectivity index (χ4n) is 3.54. The van der Waals surface area contributed by atoms with Crippen LogP contribution in [0, 0.1) is 5.92 Å². The zero-order valence-electron chi connectivity index (χ0n) is 11.3. The van der Waals surface area contributed by atoms with Crippen molar-refractivity contribution in [2.24, 2.45) is 5.92 Å². The van der Waals surface area contributed by atoms with Crippen LogP contribution in [0.15, 0.2) is 11.6 Å². The summed E-state index contributed by atoms with van der Waals surface area (Å²) in [5.41, 5.74) is 0. The van der Waals surface area contributed by atoms with Gasteiger partial charge in [0.15, 0.2) is 0 Å². The Balaban J connectivity index is 1.48. The van der Waals surface area contributed by atoms with E-state index in [4.69, 9.17) is 0 Å². The Kier molecular flexibility index (Phi) is 3.14. The molecule has 3 aliphatic rings. The lowest BCUT2D eigenvalue weighted by Gasteiger charge is -2.31. The zero-order valence-corrected chi connectivity index (χ0v) is 12.9. The van der Waals surface area contributed by atoms with Crippen LogP contribution < -0.4 is 0 Å². The van der Waals surface area contributed by atoms with Crippen molar-refractivity contribution in [3.8, 4) is 0 Å². The summed E-state index contributed by atoms with van der Waals surface area (Å²) in [7, 11) is -3.01. The average Bonchev–Trinajstić information content (AvgIpc) is 3.08.